The van der Waals surface area contributed by atoms with Crippen LogP contribution < -0.4 is 20.3 Å². The molecule has 5 heterocycles. The zero-order chi connectivity index (χ0) is 23.1. The number of nitrogens with one attached hydrogen (secondary N) is 2. The molecule has 3 aromatic rings. The van der Waals surface area contributed by atoms with Crippen molar-refractivity contribution in [3.05, 3.63) is 47.7 Å². The van der Waals surface area contributed by atoms with Gasteiger partial charge in [-0.2, -0.15) is 14.9 Å². The zero-order valence-electron chi connectivity index (χ0n) is 18.5. The number of amides is 1. The van der Waals surface area contributed by atoms with Crippen LogP contribution in [0.15, 0.2) is 36.5 Å². The number of hydrogen-bond donors (Lipinski definition) is 2. The van der Waals surface area contributed by atoms with Crippen LogP contribution in [0.1, 0.15) is 24.0 Å². The van der Waals surface area contributed by atoms with Crippen molar-refractivity contribution in [3.8, 4) is 11.8 Å². The average molecular weight is 457 g/mol. The fourth-order valence-electron chi connectivity index (χ4n) is 4.61. The minimum atomic E-state index is -0.0188. The Morgan fingerprint density at radius 1 is 1.15 bits per heavy atom. The largest absolute Gasteiger partial charge is 0.487 e. The predicted octanol–water partition coefficient (Wildman–Crippen LogP) is 2.77. The number of benzene rings is 1. The van der Waals surface area contributed by atoms with Gasteiger partial charge >= 0.3 is 0 Å². The lowest BCUT2D eigenvalue weighted by atomic mass is 10.0. The highest BCUT2D eigenvalue weighted by molar-refractivity contribution is 5.96. The van der Waals surface area contributed by atoms with E-state index in [4.69, 9.17) is 14.5 Å². The smallest absolute Gasteiger partial charge is 0.224 e. The van der Waals surface area contributed by atoms with E-state index in [1.165, 1.54) is 6.20 Å². The number of aromatic nitrogens is 3. The fourth-order valence-corrected chi connectivity index (χ4v) is 4.61. The SMILES string of the molecule is N#Cc1cnn2c3cc(nc12)N1CCC(C1)OC/C=C/COc1cc(cc2c1NC(=O)CC2)N3. The highest BCUT2D eigenvalue weighted by atomic mass is 16.5. The van der Waals surface area contributed by atoms with Gasteiger partial charge in [-0.25, -0.2) is 4.98 Å². The molecule has 10 heteroatoms. The highest BCUT2D eigenvalue weighted by Gasteiger charge is 2.26. The number of rotatable bonds is 0. The molecule has 3 aliphatic rings. The lowest BCUT2D eigenvalue weighted by Gasteiger charge is -2.23. The van der Waals surface area contributed by atoms with E-state index in [1.54, 1.807) is 4.52 Å². The summed E-state index contributed by atoms with van der Waals surface area (Å²) in [7, 11) is 0. The van der Waals surface area contributed by atoms with Crippen molar-refractivity contribution in [2.24, 2.45) is 0 Å². The van der Waals surface area contributed by atoms with E-state index in [2.05, 4.69) is 26.7 Å². The highest BCUT2D eigenvalue weighted by Crippen LogP contribution is 2.37. The summed E-state index contributed by atoms with van der Waals surface area (Å²) in [5.74, 6) is 2.03. The molecular weight excluding hydrogens is 434 g/mol. The number of hydrogen-bond acceptors (Lipinski definition) is 8. The van der Waals surface area contributed by atoms with E-state index in [-0.39, 0.29) is 12.0 Å². The van der Waals surface area contributed by atoms with Crippen LogP contribution in [0.5, 0.6) is 5.75 Å². The monoisotopic (exact) mass is 457 g/mol. The van der Waals surface area contributed by atoms with Crippen molar-refractivity contribution in [1.82, 2.24) is 14.6 Å². The first kappa shape index (κ1) is 20.5. The Morgan fingerprint density at radius 3 is 2.97 bits per heavy atom. The van der Waals surface area contributed by atoms with Gasteiger partial charge in [0.05, 0.1) is 24.6 Å². The summed E-state index contributed by atoms with van der Waals surface area (Å²) in [5, 5.41) is 20.4. The van der Waals surface area contributed by atoms with E-state index in [9.17, 15) is 10.1 Å². The fraction of sp³-hybridized carbons (Fsp3) is 0.333. The summed E-state index contributed by atoms with van der Waals surface area (Å²) in [5.41, 5.74) is 3.42. The Morgan fingerprint density at radius 2 is 2.06 bits per heavy atom. The number of aryl methyl sites for hydroxylation is 1. The van der Waals surface area contributed by atoms with Crippen LogP contribution in [-0.2, 0) is 16.0 Å². The van der Waals surface area contributed by atoms with Crippen LogP contribution in [0, 0.1) is 11.3 Å². The van der Waals surface area contributed by atoms with Crippen LogP contribution in [0.4, 0.5) is 23.0 Å². The lowest BCUT2D eigenvalue weighted by Crippen LogP contribution is -2.24. The quantitative estimate of drug-likeness (QED) is 0.495. The Labute approximate surface area is 195 Å². The second-order valence-electron chi connectivity index (χ2n) is 8.56. The minimum absolute atomic E-state index is 0.0188. The van der Waals surface area contributed by atoms with Crippen molar-refractivity contribution >= 4 is 34.6 Å². The molecule has 1 amide bonds. The standard InChI is InChI=1S/C24H23N7O3/c25-12-16-13-26-31-21-11-20(28-24(16)31)30-6-5-18(14-30)33-7-1-2-8-34-19-10-17(27-21)9-15-3-4-22(32)29-23(15)19/h1-2,9-11,13,18,27H,3-8,14H2,(H,29,32)/b2-1+. The molecule has 1 fully saturated rings. The summed E-state index contributed by atoms with van der Waals surface area (Å²) >= 11 is 0. The second kappa shape index (κ2) is 8.35. The van der Waals surface area contributed by atoms with Gasteiger partial charge in [-0.15, -0.1) is 0 Å². The number of ether oxygens (including phenoxy) is 2. The maximum atomic E-state index is 12.0. The Hall–Kier alpha value is -4.10. The van der Waals surface area contributed by atoms with Crippen molar-refractivity contribution in [3.63, 3.8) is 0 Å². The molecule has 2 N–H and O–H groups in total. The maximum Gasteiger partial charge on any atom is 0.224 e. The molecule has 3 aliphatic heterocycles. The third-order valence-corrected chi connectivity index (χ3v) is 6.32. The number of fused-ring (bicyclic) bond motifs is 11. The van der Waals surface area contributed by atoms with Crippen LogP contribution in [0.2, 0.25) is 0 Å². The Bertz CT molecular complexity index is 1360. The number of carbonyl (C=O) groups excluding carboxylic acids is 1. The summed E-state index contributed by atoms with van der Waals surface area (Å²) in [4.78, 5) is 19.0. The number of anilines is 4. The van der Waals surface area contributed by atoms with Crippen molar-refractivity contribution in [1.29, 1.82) is 5.26 Å². The topological polar surface area (TPSA) is 117 Å². The zero-order valence-corrected chi connectivity index (χ0v) is 18.5. The van der Waals surface area contributed by atoms with Gasteiger partial charge in [0.2, 0.25) is 5.91 Å². The second-order valence-corrected chi connectivity index (χ2v) is 8.56. The molecule has 0 aliphatic carbocycles. The number of nitriles is 1. The van der Waals surface area contributed by atoms with Crippen LogP contribution in [0.3, 0.4) is 0 Å². The van der Waals surface area contributed by atoms with E-state index in [0.717, 1.165) is 36.6 Å². The first-order valence-corrected chi connectivity index (χ1v) is 11.3. The van der Waals surface area contributed by atoms with Crippen LogP contribution in [-0.4, -0.2) is 52.9 Å². The minimum Gasteiger partial charge on any atom is -0.487 e. The van der Waals surface area contributed by atoms with Gasteiger partial charge in [0.1, 0.15) is 35.6 Å². The van der Waals surface area contributed by atoms with Gasteiger partial charge in [-0.05, 0) is 30.5 Å². The Kier molecular flexibility index (Phi) is 5.04. The summed E-state index contributed by atoms with van der Waals surface area (Å²) in [6.07, 6.45) is 7.46. The van der Waals surface area contributed by atoms with Gasteiger partial charge in [0.25, 0.3) is 0 Å². The summed E-state index contributed by atoms with van der Waals surface area (Å²) in [6, 6.07) is 8.01. The molecule has 0 spiro atoms. The van der Waals surface area contributed by atoms with Crippen molar-refractivity contribution in [2.75, 3.05) is 41.8 Å². The Balaban J connectivity index is 1.48. The van der Waals surface area contributed by atoms with Crippen LogP contribution in [0.25, 0.3) is 5.65 Å². The molecule has 1 unspecified atom stereocenters. The summed E-state index contributed by atoms with van der Waals surface area (Å²) < 4.78 is 13.7. The van der Waals surface area contributed by atoms with Crippen LogP contribution >= 0.6 is 0 Å². The third kappa shape index (κ3) is 3.70. The molecule has 6 rings (SSSR count). The predicted molar refractivity (Wildman–Crippen MR) is 126 cm³/mol. The average Bonchev–Trinajstić information content (AvgIpc) is 3.48. The molecule has 6 bridgehead atoms. The lowest BCUT2D eigenvalue weighted by molar-refractivity contribution is -0.116. The first-order chi connectivity index (χ1) is 16.7. The molecule has 1 saturated heterocycles. The van der Waals surface area contributed by atoms with Gasteiger partial charge in [0.15, 0.2) is 5.65 Å². The van der Waals surface area contributed by atoms with Crippen molar-refractivity contribution in [2.45, 2.75) is 25.4 Å². The van der Waals surface area contributed by atoms with Gasteiger partial charge in [-0.3, -0.25) is 4.79 Å². The molecule has 0 radical (unpaired) electrons. The molecule has 10 nitrogen and oxygen atoms in total. The number of nitrogens with zero attached hydrogens (tertiary/aromatic N) is 5. The first-order valence-electron chi connectivity index (χ1n) is 11.3. The van der Waals surface area contributed by atoms with E-state index < -0.39 is 0 Å². The summed E-state index contributed by atoms with van der Waals surface area (Å²) in [6.45, 7) is 2.40. The molecule has 0 saturated carbocycles. The molecule has 2 aromatic heterocycles. The third-order valence-electron chi connectivity index (χ3n) is 6.32. The molecule has 172 valence electrons. The maximum absolute atomic E-state index is 12.0. The molecular formula is C24H23N7O3. The van der Waals surface area contributed by atoms with E-state index >= 15 is 0 Å². The van der Waals surface area contributed by atoms with Gasteiger partial charge in [0, 0.05) is 37.3 Å². The number of carbonyl (C=O) groups is 1. The van der Waals surface area contributed by atoms with E-state index in [0.29, 0.717) is 54.5 Å². The molecule has 1 atom stereocenters. The normalized spacial score (nSPS) is 20.6. The molecule has 1 aromatic carbocycles. The van der Waals surface area contributed by atoms with E-state index in [1.807, 2.05) is 30.4 Å². The van der Waals surface area contributed by atoms with Gasteiger partial charge < -0.3 is 25.0 Å². The van der Waals surface area contributed by atoms with Gasteiger partial charge in [-0.1, -0.05) is 6.08 Å². The van der Waals surface area contributed by atoms with Crippen molar-refractivity contribution < 1.29 is 14.3 Å². The molecule has 34 heavy (non-hydrogen) atoms.